The molecule has 0 bridgehead atoms. The molecule has 0 aromatic heterocycles. The van der Waals surface area contributed by atoms with Gasteiger partial charge in [0.25, 0.3) is 0 Å². The molecule has 0 heterocycles. The Kier molecular flexibility index (Phi) is 3.29. The van der Waals surface area contributed by atoms with E-state index in [1.54, 1.807) is 31.2 Å². The van der Waals surface area contributed by atoms with Crippen molar-refractivity contribution in [2.45, 2.75) is 13.0 Å². The summed E-state index contributed by atoms with van der Waals surface area (Å²) in [5, 5.41) is 8.85. The van der Waals surface area contributed by atoms with Crippen molar-refractivity contribution in [3.05, 3.63) is 42.5 Å². The van der Waals surface area contributed by atoms with Crippen LogP contribution in [0.3, 0.4) is 0 Å². The number of carboxylic acid groups (broad SMARTS) is 1. The zero-order chi connectivity index (χ0) is 10.6. The molecule has 14 heavy (non-hydrogen) atoms. The second-order valence-electron chi connectivity index (χ2n) is 2.86. The Morgan fingerprint density at radius 2 is 2.21 bits per heavy atom. The Hall–Kier alpha value is -1.77. The summed E-state index contributed by atoms with van der Waals surface area (Å²) >= 11 is 0. The summed E-state index contributed by atoms with van der Waals surface area (Å²) in [7, 11) is 0. The lowest BCUT2D eigenvalue weighted by molar-refractivity contribution is 0.0691. The number of rotatable bonds is 4. The van der Waals surface area contributed by atoms with Crippen LogP contribution in [-0.2, 0) is 0 Å². The number of hydrogen-bond donors (Lipinski definition) is 1. The number of para-hydroxylation sites is 1. The van der Waals surface area contributed by atoms with Crippen LogP contribution in [0.1, 0.15) is 17.3 Å². The van der Waals surface area contributed by atoms with Crippen molar-refractivity contribution in [2.75, 3.05) is 0 Å². The van der Waals surface area contributed by atoms with Crippen molar-refractivity contribution in [2.24, 2.45) is 0 Å². The first-order chi connectivity index (χ1) is 6.65. The summed E-state index contributed by atoms with van der Waals surface area (Å²) in [6, 6.07) is 6.53. The molecule has 0 aliphatic carbocycles. The van der Waals surface area contributed by atoms with E-state index in [-0.39, 0.29) is 11.7 Å². The molecule has 1 N–H and O–H groups in total. The molecule has 0 aliphatic heterocycles. The highest BCUT2D eigenvalue weighted by atomic mass is 16.5. The number of benzene rings is 1. The van der Waals surface area contributed by atoms with Gasteiger partial charge >= 0.3 is 5.97 Å². The maximum Gasteiger partial charge on any atom is 0.339 e. The Morgan fingerprint density at radius 1 is 1.57 bits per heavy atom. The molecule has 0 amide bonds. The van der Waals surface area contributed by atoms with Crippen LogP contribution in [-0.4, -0.2) is 17.2 Å². The third kappa shape index (κ3) is 2.36. The Labute approximate surface area is 82.6 Å². The normalized spacial score (nSPS) is 11.8. The predicted molar refractivity (Wildman–Crippen MR) is 53.7 cm³/mol. The van der Waals surface area contributed by atoms with E-state index in [2.05, 4.69) is 6.58 Å². The van der Waals surface area contributed by atoms with Crippen LogP contribution in [0.4, 0.5) is 0 Å². The highest BCUT2D eigenvalue weighted by Gasteiger charge is 2.11. The van der Waals surface area contributed by atoms with E-state index in [1.165, 1.54) is 6.07 Å². The van der Waals surface area contributed by atoms with Gasteiger partial charge in [0.15, 0.2) is 0 Å². The number of ether oxygens (including phenoxy) is 1. The Bertz CT molecular complexity index is 344. The molecule has 3 heteroatoms. The molecule has 0 fully saturated rings. The minimum atomic E-state index is -0.989. The summed E-state index contributed by atoms with van der Waals surface area (Å²) in [5.74, 6) is -0.621. The second kappa shape index (κ2) is 4.46. The van der Waals surface area contributed by atoms with Crippen molar-refractivity contribution < 1.29 is 14.6 Å². The fraction of sp³-hybridized carbons (Fsp3) is 0.182. The fourth-order valence-electron chi connectivity index (χ4n) is 0.994. The van der Waals surface area contributed by atoms with Gasteiger partial charge in [-0.3, -0.25) is 0 Å². The molecule has 0 saturated heterocycles. The zero-order valence-corrected chi connectivity index (χ0v) is 7.93. The maximum atomic E-state index is 10.8. The highest BCUT2D eigenvalue weighted by molar-refractivity contribution is 5.90. The molecule has 1 aromatic carbocycles. The molecular weight excluding hydrogens is 180 g/mol. The monoisotopic (exact) mass is 192 g/mol. The van der Waals surface area contributed by atoms with Crippen LogP contribution >= 0.6 is 0 Å². The van der Waals surface area contributed by atoms with E-state index in [9.17, 15) is 4.79 Å². The van der Waals surface area contributed by atoms with E-state index in [1.807, 2.05) is 0 Å². The molecule has 74 valence electrons. The van der Waals surface area contributed by atoms with Gasteiger partial charge in [-0.1, -0.05) is 24.8 Å². The van der Waals surface area contributed by atoms with Crippen LogP contribution in [0.25, 0.3) is 0 Å². The highest BCUT2D eigenvalue weighted by Crippen LogP contribution is 2.19. The van der Waals surface area contributed by atoms with E-state index in [4.69, 9.17) is 9.84 Å². The number of carboxylic acids is 1. The zero-order valence-electron chi connectivity index (χ0n) is 7.93. The van der Waals surface area contributed by atoms with Crippen molar-refractivity contribution in [1.29, 1.82) is 0 Å². The van der Waals surface area contributed by atoms with Gasteiger partial charge in [-0.25, -0.2) is 4.79 Å². The first kappa shape index (κ1) is 10.3. The molecular formula is C11H12O3. The summed E-state index contributed by atoms with van der Waals surface area (Å²) < 4.78 is 5.36. The lowest BCUT2D eigenvalue weighted by Gasteiger charge is -2.12. The molecule has 0 spiro atoms. The van der Waals surface area contributed by atoms with Crippen molar-refractivity contribution in [1.82, 2.24) is 0 Å². The smallest absolute Gasteiger partial charge is 0.339 e. The largest absolute Gasteiger partial charge is 0.486 e. The van der Waals surface area contributed by atoms with Gasteiger partial charge in [0.2, 0.25) is 0 Å². The third-order valence-electron chi connectivity index (χ3n) is 1.76. The summed E-state index contributed by atoms with van der Waals surface area (Å²) in [6.07, 6.45) is 1.41. The SMILES string of the molecule is C=CC(C)Oc1ccccc1C(=O)O. The fourth-order valence-corrected chi connectivity index (χ4v) is 0.994. The van der Waals surface area contributed by atoms with E-state index >= 15 is 0 Å². The minimum Gasteiger partial charge on any atom is -0.486 e. The topological polar surface area (TPSA) is 46.5 Å². The van der Waals surface area contributed by atoms with Crippen LogP contribution in [0, 0.1) is 0 Å². The summed E-state index contributed by atoms with van der Waals surface area (Å²) in [5.41, 5.74) is 0.168. The molecule has 0 saturated carbocycles. The molecule has 0 radical (unpaired) electrons. The second-order valence-corrected chi connectivity index (χ2v) is 2.86. The van der Waals surface area contributed by atoms with Crippen LogP contribution in [0.15, 0.2) is 36.9 Å². The molecule has 1 aromatic rings. The standard InChI is InChI=1S/C11H12O3/c1-3-8(2)14-10-7-5-4-6-9(10)11(12)13/h3-8H,1H2,2H3,(H,12,13). The first-order valence-corrected chi connectivity index (χ1v) is 4.26. The lowest BCUT2D eigenvalue weighted by Crippen LogP contribution is -2.10. The van der Waals surface area contributed by atoms with Crippen molar-refractivity contribution in [3.8, 4) is 5.75 Å². The summed E-state index contributed by atoms with van der Waals surface area (Å²) in [4.78, 5) is 10.8. The van der Waals surface area contributed by atoms with E-state index in [0.717, 1.165) is 0 Å². The van der Waals surface area contributed by atoms with E-state index in [0.29, 0.717) is 5.75 Å². The minimum absolute atomic E-state index is 0.168. The third-order valence-corrected chi connectivity index (χ3v) is 1.76. The van der Waals surface area contributed by atoms with E-state index < -0.39 is 5.97 Å². The predicted octanol–water partition coefficient (Wildman–Crippen LogP) is 2.34. The van der Waals surface area contributed by atoms with Gasteiger partial charge in [-0.15, -0.1) is 0 Å². The lowest BCUT2D eigenvalue weighted by atomic mass is 10.2. The maximum absolute atomic E-state index is 10.8. The van der Waals surface area contributed by atoms with Gasteiger partial charge in [0.1, 0.15) is 17.4 Å². The molecule has 1 atom stereocenters. The number of aromatic carboxylic acids is 1. The van der Waals surface area contributed by atoms with Gasteiger partial charge in [-0.05, 0) is 19.1 Å². The van der Waals surface area contributed by atoms with Crippen molar-refractivity contribution >= 4 is 5.97 Å². The molecule has 1 unspecified atom stereocenters. The molecule has 3 nitrogen and oxygen atoms in total. The van der Waals surface area contributed by atoms with Crippen LogP contribution in [0.2, 0.25) is 0 Å². The average Bonchev–Trinajstić information content (AvgIpc) is 2.18. The summed E-state index contributed by atoms with van der Waals surface area (Å²) in [6.45, 7) is 5.36. The quantitative estimate of drug-likeness (QED) is 0.745. The van der Waals surface area contributed by atoms with Crippen LogP contribution in [0.5, 0.6) is 5.75 Å². The first-order valence-electron chi connectivity index (χ1n) is 4.26. The van der Waals surface area contributed by atoms with Crippen LogP contribution < -0.4 is 4.74 Å². The van der Waals surface area contributed by atoms with Gasteiger partial charge in [-0.2, -0.15) is 0 Å². The Balaban J connectivity index is 2.95. The Morgan fingerprint density at radius 3 is 2.79 bits per heavy atom. The van der Waals surface area contributed by atoms with Crippen molar-refractivity contribution in [3.63, 3.8) is 0 Å². The molecule has 1 rings (SSSR count). The van der Waals surface area contributed by atoms with Gasteiger partial charge in [0.05, 0.1) is 0 Å². The van der Waals surface area contributed by atoms with Gasteiger partial charge < -0.3 is 9.84 Å². The number of hydrogen-bond acceptors (Lipinski definition) is 2. The van der Waals surface area contributed by atoms with Gasteiger partial charge in [0, 0.05) is 0 Å². The number of carbonyl (C=O) groups is 1. The molecule has 0 aliphatic rings. The average molecular weight is 192 g/mol.